The van der Waals surface area contributed by atoms with Crippen LogP contribution in [-0.4, -0.2) is 31.4 Å². The Bertz CT molecular complexity index is 538. The third kappa shape index (κ3) is 3.24. The van der Waals surface area contributed by atoms with Crippen LogP contribution < -0.4 is 15.5 Å². The van der Waals surface area contributed by atoms with Crippen molar-refractivity contribution in [3.05, 3.63) is 24.3 Å². The Labute approximate surface area is 124 Å². The van der Waals surface area contributed by atoms with Crippen LogP contribution in [0.5, 0.6) is 0 Å². The van der Waals surface area contributed by atoms with Crippen molar-refractivity contribution >= 4 is 23.2 Å². The Kier molecular flexibility index (Phi) is 4.20. The number of fused-ring (bicyclic) bond motifs is 1. The number of hydrogen-bond acceptors (Lipinski definition) is 3. The number of piperidine rings is 1. The molecule has 2 aliphatic heterocycles. The van der Waals surface area contributed by atoms with Crippen molar-refractivity contribution in [2.24, 2.45) is 5.92 Å². The van der Waals surface area contributed by atoms with Crippen molar-refractivity contribution in [2.45, 2.75) is 25.7 Å². The van der Waals surface area contributed by atoms with Gasteiger partial charge in [0.2, 0.25) is 11.8 Å². The van der Waals surface area contributed by atoms with Crippen molar-refractivity contribution in [3.8, 4) is 0 Å². The number of hydrogen-bond donors (Lipinski definition) is 2. The lowest BCUT2D eigenvalue weighted by atomic mass is 9.93. The van der Waals surface area contributed by atoms with E-state index in [4.69, 9.17) is 0 Å². The minimum atomic E-state index is -0.121. The summed E-state index contributed by atoms with van der Waals surface area (Å²) in [5.74, 6) is 0.559. The summed E-state index contributed by atoms with van der Waals surface area (Å²) in [6.07, 6.45) is 3.72. The maximum atomic E-state index is 12.5. The van der Waals surface area contributed by atoms with Crippen molar-refractivity contribution in [2.75, 3.05) is 29.9 Å². The smallest absolute Gasteiger partial charge is 0.244 e. The van der Waals surface area contributed by atoms with Crippen LogP contribution in [0.25, 0.3) is 0 Å². The van der Waals surface area contributed by atoms with Gasteiger partial charge < -0.3 is 15.5 Å². The summed E-state index contributed by atoms with van der Waals surface area (Å²) in [6.45, 7) is 2.23. The monoisotopic (exact) mass is 287 g/mol. The van der Waals surface area contributed by atoms with E-state index in [0.29, 0.717) is 12.3 Å². The Balaban J connectivity index is 1.65. The summed E-state index contributed by atoms with van der Waals surface area (Å²) in [5.41, 5.74) is 1.54. The Morgan fingerprint density at radius 1 is 1.24 bits per heavy atom. The lowest BCUT2D eigenvalue weighted by Crippen LogP contribution is -2.42. The number of anilines is 2. The number of nitrogens with one attached hydrogen (secondary N) is 2. The Morgan fingerprint density at radius 3 is 2.81 bits per heavy atom. The topological polar surface area (TPSA) is 61.4 Å². The second kappa shape index (κ2) is 6.26. The fourth-order valence-electron chi connectivity index (χ4n) is 3.09. The Hall–Kier alpha value is -1.88. The molecule has 0 saturated carbocycles. The van der Waals surface area contributed by atoms with Crippen LogP contribution in [0.15, 0.2) is 24.3 Å². The van der Waals surface area contributed by atoms with E-state index in [1.165, 1.54) is 0 Å². The fourth-order valence-corrected chi connectivity index (χ4v) is 3.09. The molecule has 0 spiro atoms. The molecule has 1 aromatic carbocycles. The molecule has 0 atom stereocenters. The molecule has 2 N–H and O–H groups in total. The van der Waals surface area contributed by atoms with Gasteiger partial charge in [0.15, 0.2) is 0 Å². The highest BCUT2D eigenvalue weighted by atomic mass is 16.2. The average molecular weight is 287 g/mol. The van der Waals surface area contributed by atoms with Crippen LogP contribution in [0, 0.1) is 5.92 Å². The minimum Gasteiger partial charge on any atom is -0.323 e. The molecule has 2 heterocycles. The van der Waals surface area contributed by atoms with Gasteiger partial charge in [0.25, 0.3) is 0 Å². The van der Waals surface area contributed by atoms with E-state index in [2.05, 4.69) is 10.6 Å². The first-order chi connectivity index (χ1) is 10.2. The summed E-state index contributed by atoms with van der Waals surface area (Å²) in [6, 6.07) is 7.47. The standard InChI is InChI=1S/C16H21N3O2/c20-15-11-19(14-4-2-1-3-13(14)18-15)16(21)6-5-12-7-9-17-10-8-12/h1-4,12,17H,5-11H2,(H,18,20). The number of nitrogens with zero attached hydrogens (tertiary/aromatic N) is 1. The van der Waals surface area contributed by atoms with Gasteiger partial charge in [-0.2, -0.15) is 0 Å². The molecule has 5 heteroatoms. The number of para-hydroxylation sites is 2. The molecular formula is C16H21N3O2. The lowest BCUT2D eigenvalue weighted by molar-refractivity contribution is -0.122. The highest BCUT2D eigenvalue weighted by Gasteiger charge is 2.26. The van der Waals surface area contributed by atoms with Gasteiger partial charge in [-0.1, -0.05) is 12.1 Å². The molecule has 2 amide bonds. The van der Waals surface area contributed by atoms with Gasteiger partial charge >= 0.3 is 0 Å². The van der Waals surface area contributed by atoms with Crippen LogP contribution >= 0.6 is 0 Å². The molecule has 0 aromatic heterocycles. The van der Waals surface area contributed by atoms with Crippen LogP contribution in [-0.2, 0) is 9.59 Å². The number of carbonyl (C=O) groups is 2. The van der Waals surface area contributed by atoms with Crippen LogP contribution in [0.4, 0.5) is 11.4 Å². The second-order valence-electron chi connectivity index (χ2n) is 5.78. The van der Waals surface area contributed by atoms with Gasteiger partial charge in [0.05, 0.1) is 11.4 Å². The van der Waals surface area contributed by atoms with E-state index in [1.54, 1.807) is 4.90 Å². The molecule has 1 aromatic rings. The molecular weight excluding hydrogens is 266 g/mol. The SMILES string of the molecule is O=C1CN(C(=O)CCC2CCNCC2)c2ccccc2N1. The largest absolute Gasteiger partial charge is 0.323 e. The summed E-state index contributed by atoms with van der Waals surface area (Å²) in [4.78, 5) is 25.8. The molecule has 0 radical (unpaired) electrons. The second-order valence-corrected chi connectivity index (χ2v) is 5.78. The first-order valence-corrected chi connectivity index (χ1v) is 7.64. The average Bonchev–Trinajstić information content (AvgIpc) is 2.52. The lowest BCUT2D eigenvalue weighted by Gasteiger charge is -2.30. The van der Waals surface area contributed by atoms with Gasteiger partial charge in [0, 0.05) is 6.42 Å². The zero-order valence-electron chi connectivity index (χ0n) is 12.1. The zero-order valence-corrected chi connectivity index (χ0v) is 12.1. The Morgan fingerprint density at radius 2 is 2.00 bits per heavy atom. The summed E-state index contributed by atoms with van der Waals surface area (Å²) >= 11 is 0. The van der Waals surface area contributed by atoms with Gasteiger partial charge in [-0.3, -0.25) is 9.59 Å². The molecule has 0 aliphatic carbocycles. The van der Waals surface area contributed by atoms with Crippen LogP contribution in [0.2, 0.25) is 0 Å². The number of carbonyl (C=O) groups excluding carboxylic acids is 2. The van der Waals surface area contributed by atoms with E-state index in [9.17, 15) is 9.59 Å². The van der Waals surface area contributed by atoms with Crippen molar-refractivity contribution < 1.29 is 9.59 Å². The minimum absolute atomic E-state index is 0.0517. The summed E-state index contributed by atoms with van der Waals surface area (Å²) in [7, 11) is 0. The molecule has 5 nitrogen and oxygen atoms in total. The first kappa shape index (κ1) is 14.1. The maximum absolute atomic E-state index is 12.5. The van der Waals surface area contributed by atoms with Gasteiger partial charge in [-0.25, -0.2) is 0 Å². The van der Waals surface area contributed by atoms with Crippen LogP contribution in [0.1, 0.15) is 25.7 Å². The highest BCUT2D eigenvalue weighted by molar-refractivity contribution is 6.09. The van der Waals surface area contributed by atoms with Crippen molar-refractivity contribution in [1.29, 1.82) is 0 Å². The summed E-state index contributed by atoms with van der Waals surface area (Å²) in [5, 5.41) is 6.15. The molecule has 2 aliphatic rings. The van der Waals surface area contributed by atoms with E-state index >= 15 is 0 Å². The van der Waals surface area contributed by atoms with Gasteiger partial charge in [-0.05, 0) is 50.4 Å². The van der Waals surface area contributed by atoms with E-state index in [1.807, 2.05) is 24.3 Å². The zero-order chi connectivity index (χ0) is 14.7. The third-order valence-electron chi connectivity index (χ3n) is 4.30. The number of rotatable bonds is 3. The summed E-state index contributed by atoms with van der Waals surface area (Å²) < 4.78 is 0. The third-order valence-corrected chi connectivity index (χ3v) is 4.30. The van der Waals surface area contributed by atoms with Crippen molar-refractivity contribution in [1.82, 2.24) is 5.32 Å². The number of benzene rings is 1. The molecule has 0 unspecified atom stereocenters. The van der Waals surface area contributed by atoms with Crippen LogP contribution in [0.3, 0.4) is 0 Å². The highest BCUT2D eigenvalue weighted by Crippen LogP contribution is 2.30. The van der Waals surface area contributed by atoms with Crippen molar-refractivity contribution in [3.63, 3.8) is 0 Å². The van der Waals surface area contributed by atoms with E-state index < -0.39 is 0 Å². The molecule has 21 heavy (non-hydrogen) atoms. The predicted octanol–water partition coefficient (Wildman–Crippen LogP) is 1.75. The van der Waals surface area contributed by atoms with E-state index in [-0.39, 0.29) is 18.4 Å². The number of amides is 2. The van der Waals surface area contributed by atoms with Gasteiger partial charge in [-0.15, -0.1) is 0 Å². The fraction of sp³-hybridized carbons (Fsp3) is 0.500. The normalized spacial score (nSPS) is 19.0. The van der Waals surface area contributed by atoms with E-state index in [0.717, 1.165) is 43.7 Å². The molecule has 112 valence electrons. The molecule has 0 bridgehead atoms. The quantitative estimate of drug-likeness (QED) is 0.890. The maximum Gasteiger partial charge on any atom is 0.244 e. The molecule has 1 fully saturated rings. The predicted molar refractivity (Wildman–Crippen MR) is 82.3 cm³/mol. The van der Waals surface area contributed by atoms with Gasteiger partial charge in [0.1, 0.15) is 6.54 Å². The first-order valence-electron chi connectivity index (χ1n) is 7.64. The molecule has 1 saturated heterocycles. The molecule has 3 rings (SSSR count).